The molecular formula is C15H19N3. The zero-order valence-electron chi connectivity index (χ0n) is 10.8. The number of hydrogen-bond acceptors (Lipinski definition) is 2. The summed E-state index contributed by atoms with van der Waals surface area (Å²) in [5, 5.41) is 3.48. The van der Waals surface area contributed by atoms with E-state index in [1.807, 2.05) is 6.33 Å². The second-order valence-corrected chi connectivity index (χ2v) is 5.18. The normalized spacial score (nSPS) is 14.9. The Morgan fingerprint density at radius 1 is 1.39 bits per heavy atom. The first-order chi connectivity index (χ1) is 8.79. The molecule has 0 atom stereocenters. The lowest BCUT2D eigenvalue weighted by molar-refractivity contribution is 0.676. The zero-order valence-corrected chi connectivity index (χ0v) is 10.8. The van der Waals surface area contributed by atoms with Crippen LogP contribution in [0.1, 0.15) is 29.7 Å². The molecule has 0 radical (unpaired) electrons. The monoisotopic (exact) mass is 241 g/mol. The van der Waals surface area contributed by atoms with Crippen LogP contribution < -0.4 is 5.32 Å². The molecule has 1 fully saturated rings. The van der Waals surface area contributed by atoms with E-state index in [1.165, 1.54) is 24.0 Å². The van der Waals surface area contributed by atoms with Gasteiger partial charge in [-0.05, 0) is 25.3 Å². The summed E-state index contributed by atoms with van der Waals surface area (Å²) in [6, 6.07) is 9.36. The van der Waals surface area contributed by atoms with Gasteiger partial charge < -0.3 is 9.88 Å². The average Bonchev–Trinajstić information content (AvgIpc) is 3.08. The Kier molecular flexibility index (Phi) is 3.15. The molecule has 0 amide bonds. The van der Waals surface area contributed by atoms with Crippen molar-refractivity contribution in [2.75, 3.05) is 0 Å². The first-order valence-electron chi connectivity index (χ1n) is 6.59. The number of benzene rings is 1. The standard InChI is InChI=1S/C15H19N3/c1-12-3-2-4-13(7-12)9-18-10-15(17-11-18)8-16-14-5-6-14/h2-4,7,10-11,14,16H,5-6,8-9H2,1H3. The van der Waals surface area contributed by atoms with E-state index in [2.05, 4.69) is 52.3 Å². The quantitative estimate of drug-likeness (QED) is 0.871. The minimum absolute atomic E-state index is 0.743. The van der Waals surface area contributed by atoms with E-state index in [0.29, 0.717) is 0 Å². The van der Waals surface area contributed by atoms with Crippen molar-refractivity contribution >= 4 is 0 Å². The number of hydrogen-bond donors (Lipinski definition) is 1. The van der Waals surface area contributed by atoms with Crippen molar-refractivity contribution in [2.24, 2.45) is 0 Å². The van der Waals surface area contributed by atoms with Crippen molar-refractivity contribution in [1.29, 1.82) is 0 Å². The van der Waals surface area contributed by atoms with E-state index in [-0.39, 0.29) is 0 Å². The molecular weight excluding hydrogens is 222 g/mol. The molecule has 1 aliphatic rings. The minimum Gasteiger partial charge on any atom is -0.333 e. The molecule has 3 nitrogen and oxygen atoms in total. The fourth-order valence-electron chi connectivity index (χ4n) is 2.14. The fourth-order valence-corrected chi connectivity index (χ4v) is 2.14. The molecule has 1 aliphatic carbocycles. The SMILES string of the molecule is Cc1cccc(Cn2cnc(CNC3CC3)c2)c1. The van der Waals surface area contributed by atoms with Crippen molar-refractivity contribution in [3.8, 4) is 0 Å². The number of rotatable bonds is 5. The molecule has 3 heteroatoms. The molecule has 2 aromatic rings. The highest BCUT2D eigenvalue weighted by molar-refractivity contribution is 5.22. The van der Waals surface area contributed by atoms with Crippen molar-refractivity contribution in [2.45, 2.75) is 38.9 Å². The van der Waals surface area contributed by atoms with Gasteiger partial charge in [0.15, 0.2) is 0 Å². The Morgan fingerprint density at radius 2 is 2.28 bits per heavy atom. The molecule has 1 saturated carbocycles. The van der Waals surface area contributed by atoms with Crippen LogP contribution in [0.25, 0.3) is 0 Å². The third-order valence-corrected chi connectivity index (χ3v) is 3.28. The van der Waals surface area contributed by atoms with Gasteiger partial charge in [0.2, 0.25) is 0 Å². The first-order valence-corrected chi connectivity index (χ1v) is 6.59. The van der Waals surface area contributed by atoms with Gasteiger partial charge in [0.1, 0.15) is 0 Å². The van der Waals surface area contributed by atoms with Crippen LogP contribution in [-0.4, -0.2) is 15.6 Å². The largest absolute Gasteiger partial charge is 0.333 e. The van der Waals surface area contributed by atoms with Gasteiger partial charge in [-0.2, -0.15) is 0 Å². The summed E-state index contributed by atoms with van der Waals surface area (Å²) in [5.41, 5.74) is 3.77. The number of aryl methyl sites for hydroxylation is 1. The summed E-state index contributed by atoms with van der Waals surface area (Å²) in [6.07, 6.45) is 6.71. The van der Waals surface area contributed by atoms with Gasteiger partial charge in [-0.3, -0.25) is 0 Å². The summed E-state index contributed by atoms with van der Waals surface area (Å²) in [7, 11) is 0. The third-order valence-electron chi connectivity index (χ3n) is 3.28. The predicted molar refractivity (Wildman–Crippen MR) is 72.4 cm³/mol. The maximum absolute atomic E-state index is 4.43. The van der Waals surface area contributed by atoms with Crippen molar-refractivity contribution in [1.82, 2.24) is 14.9 Å². The van der Waals surface area contributed by atoms with Crippen LogP contribution in [0.5, 0.6) is 0 Å². The molecule has 3 rings (SSSR count). The molecule has 1 aromatic carbocycles. The van der Waals surface area contributed by atoms with E-state index < -0.39 is 0 Å². The van der Waals surface area contributed by atoms with Crippen molar-refractivity contribution < 1.29 is 0 Å². The van der Waals surface area contributed by atoms with Gasteiger partial charge in [-0.15, -0.1) is 0 Å². The number of aromatic nitrogens is 2. The van der Waals surface area contributed by atoms with E-state index in [1.54, 1.807) is 0 Å². The van der Waals surface area contributed by atoms with E-state index in [0.717, 1.165) is 24.8 Å². The second-order valence-electron chi connectivity index (χ2n) is 5.18. The first kappa shape index (κ1) is 11.5. The minimum atomic E-state index is 0.743. The van der Waals surface area contributed by atoms with Gasteiger partial charge in [0, 0.05) is 25.3 Å². The van der Waals surface area contributed by atoms with Crippen LogP contribution in [0.3, 0.4) is 0 Å². The maximum Gasteiger partial charge on any atom is 0.0953 e. The molecule has 94 valence electrons. The predicted octanol–water partition coefficient (Wildman–Crippen LogP) is 2.49. The second kappa shape index (κ2) is 4.94. The van der Waals surface area contributed by atoms with Gasteiger partial charge in [-0.1, -0.05) is 29.8 Å². The number of nitrogens with zero attached hydrogens (tertiary/aromatic N) is 2. The van der Waals surface area contributed by atoms with Crippen LogP contribution >= 0.6 is 0 Å². The molecule has 0 bridgehead atoms. The fraction of sp³-hybridized carbons (Fsp3) is 0.400. The highest BCUT2D eigenvalue weighted by Crippen LogP contribution is 2.19. The molecule has 0 unspecified atom stereocenters. The van der Waals surface area contributed by atoms with Gasteiger partial charge >= 0.3 is 0 Å². The van der Waals surface area contributed by atoms with Crippen LogP contribution in [-0.2, 0) is 13.1 Å². The smallest absolute Gasteiger partial charge is 0.0953 e. The highest BCUT2D eigenvalue weighted by atomic mass is 15.1. The maximum atomic E-state index is 4.43. The van der Waals surface area contributed by atoms with E-state index >= 15 is 0 Å². The molecule has 0 saturated heterocycles. The summed E-state index contributed by atoms with van der Waals surface area (Å²) in [5.74, 6) is 0. The van der Waals surface area contributed by atoms with E-state index in [4.69, 9.17) is 0 Å². The lowest BCUT2D eigenvalue weighted by Crippen LogP contribution is -2.15. The molecule has 0 spiro atoms. The molecule has 18 heavy (non-hydrogen) atoms. The highest BCUT2D eigenvalue weighted by Gasteiger charge is 2.20. The van der Waals surface area contributed by atoms with E-state index in [9.17, 15) is 0 Å². The topological polar surface area (TPSA) is 29.9 Å². The lowest BCUT2D eigenvalue weighted by Gasteiger charge is -2.03. The Bertz CT molecular complexity index is 526. The summed E-state index contributed by atoms with van der Waals surface area (Å²) >= 11 is 0. The van der Waals surface area contributed by atoms with Crippen molar-refractivity contribution in [3.63, 3.8) is 0 Å². The van der Waals surface area contributed by atoms with Crippen LogP contribution in [0, 0.1) is 6.92 Å². The molecule has 1 aromatic heterocycles. The lowest BCUT2D eigenvalue weighted by atomic mass is 10.1. The Hall–Kier alpha value is -1.61. The van der Waals surface area contributed by atoms with Gasteiger partial charge in [0.25, 0.3) is 0 Å². The Balaban J connectivity index is 1.61. The Labute approximate surface area is 108 Å². The molecule has 0 aliphatic heterocycles. The average molecular weight is 241 g/mol. The van der Waals surface area contributed by atoms with Crippen LogP contribution in [0.15, 0.2) is 36.8 Å². The summed E-state index contributed by atoms with van der Waals surface area (Å²) in [4.78, 5) is 4.43. The van der Waals surface area contributed by atoms with Crippen LogP contribution in [0.4, 0.5) is 0 Å². The summed E-state index contributed by atoms with van der Waals surface area (Å²) in [6.45, 7) is 3.92. The summed E-state index contributed by atoms with van der Waals surface area (Å²) < 4.78 is 2.15. The molecule has 1 heterocycles. The number of imidazole rings is 1. The van der Waals surface area contributed by atoms with Gasteiger partial charge in [-0.25, -0.2) is 4.98 Å². The zero-order chi connectivity index (χ0) is 12.4. The van der Waals surface area contributed by atoms with Gasteiger partial charge in [0.05, 0.1) is 12.0 Å². The number of nitrogens with one attached hydrogen (secondary N) is 1. The third kappa shape index (κ3) is 2.99. The Morgan fingerprint density at radius 3 is 3.06 bits per heavy atom. The molecule has 1 N–H and O–H groups in total. The van der Waals surface area contributed by atoms with Crippen LogP contribution in [0.2, 0.25) is 0 Å². The van der Waals surface area contributed by atoms with Crippen molar-refractivity contribution in [3.05, 3.63) is 53.6 Å².